The lowest BCUT2D eigenvalue weighted by Crippen LogP contribution is -2.16. The van der Waals surface area contributed by atoms with Crippen molar-refractivity contribution in [2.24, 2.45) is 5.14 Å². The average Bonchev–Trinajstić information content (AvgIpc) is 1.99. The van der Waals surface area contributed by atoms with Crippen molar-refractivity contribution in [2.75, 3.05) is 0 Å². The van der Waals surface area contributed by atoms with Crippen LogP contribution in [0.25, 0.3) is 0 Å². The predicted molar refractivity (Wildman–Crippen MR) is 55.2 cm³/mol. The van der Waals surface area contributed by atoms with Crippen molar-refractivity contribution in [2.45, 2.75) is 24.8 Å². The minimum absolute atomic E-state index is 0.0625. The Kier molecular flexibility index (Phi) is 3.21. The summed E-state index contributed by atoms with van der Waals surface area (Å²) in [6.07, 6.45) is -0.202. The summed E-state index contributed by atoms with van der Waals surface area (Å²) >= 11 is 0. The van der Waals surface area contributed by atoms with E-state index >= 15 is 0 Å². The van der Waals surface area contributed by atoms with Gasteiger partial charge in [0.2, 0.25) is 10.0 Å². The van der Waals surface area contributed by atoms with Crippen molar-refractivity contribution < 1.29 is 18.3 Å². The zero-order valence-corrected chi connectivity index (χ0v) is 9.28. The van der Waals surface area contributed by atoms with Gasteiger partial charge in [-0.25, -0.2) is 13.6 Å². The van der Waals surface area contributed by atoms with E-state index in [1.165, 1.54) is 18.2 Å². The Balaban J connectivity index is 3.34. The highest BCUT2D eigenvalue weighted by atomic mass is 32.2. The van der Waals surface area contributed by atoms with Crippen LogP contribution in [0.15, 0.2) is 23.1 Å². The number of nitrogens with two attached hydrogens (primary N) is 1. The number of phenolic OH excluding ortho intramolecular Hbond substituents is 1. The van der Waals surface area contributed by atoms with Gasteiger partial charge in [-0.3, -0.25) is 0 Å². The fourth-order valence-corrected chi connectivity index (χ4v) is 1.89. The zero-order chi connectivity index (χ0) is 11.6. The second kappa shape index (κ2) is 4.08. The van der Waals surface area contributed by atoms with Gasteiger partial charge in [0.15, 0.2) is 4.90 Å². The fraction of sp³-hybridized carbons (Fsp3) is 0.333. The van der Waals surface area contributed by atoms with E-state index in [9.17, 15) is 13.5 Å². The smallest absolute Gasteiger partial charge is 0.245 e. The van der Waals surface area contributed by atoms with Gasteiger partial charge >= 0.3 is 0 Å². The second-order valence-electron chi connectivity index (χ2n) is 3.32. The molecule has 6 heteroatoms. The van der Waals surface area contributed by atoms with E-state index in [-0.39, 0.29) is 16.7 Å². The van der Waals surface area contributed by atoms with Gasteiger partial charge in [0.05, 0.1) is 6.10 Å². The van der Waals surface area contributed by atoms with Gasteiger partial charge < -0.3 is 9.84 Å². The quantitative estimate of drug-likeness (QED) is 0.806. The Morgan fingerprint density at radius 2 is 2.00 bits per heavy atom. The van der Waals surface area contributed by atoms with Crippen molar-refractivity contribution >= 4 is 10.0 Å². The molecule has 3 N–H and O–H groups in total. The highest BCUT2D eigenvalue weighted by Gasteiger charge is 2.20. The van der Waals surface area contributed by atoms with Crippen molar-refractivity contribution in [1.82, 2.24) is 0 Å². The van der Waals surface area contributed by atoms with Crippen LogP contribution < -0.4 is 9.88 Å². The molecule has 0 saturated heterocycles. The van der Waals surface area contributed by atoms with Crippen LogP contribution in [0, 0.1) is 0 Å². The summed E-state index contributed by atoms with van der Waals surface area (Å²) in [4.78, 5) is -0.376. The van der Waals surface area contributed by atoms with Crippen LogP contribution >= 0.6 is 0 Å². The minimum atomic E-state index is -3.98. The van der Waals surface area contributed by atoms with Crippen LogP contribution in [-0.2, 0) is 10.0 Å². The Morgan fingerprint density at radius 1 is 1.40 bits per heavy atom. The predicted octanol–water partition coefficient (Wildman–Crippen LogP) is 0.827. The van der Waals surface area contributed by atoms with E-state index < -0.39 is 15.8 Å². The Hall–Kier alpha value is -1.27. The monoisotopic (exact) mass is 231 g/mol. The fourth-order valence-electron chi connectivity index (χ4n) is 1.14. The summed E-state index contributed by atoms with van der Waals surface area (Å²) in [5, 5.41) is 14.4. The van der Waals surface area contributed by atoms with E-state index in [0.717, 1.165) is 0 Å². The molecule has 1 aromatic rings. The second-order valence-corrected chi connectivity index (χ2v) is 4.81. The highest BCUT2D eigenvalue weighted by Crippen LogP contribution is 2.31. The standard InChI is InChI=1S/C9H13NO4S/c1-6(2)14-8-5-3-4-7(11)9(8)15(10,12)13/h3-6,11H,1-2H3,(H2,10,12,13). The van der Waals surface area contributed by atoms with E-state index in [2.05, 4.69) is 0 Å². The summed E-state index contributed by atoms with van der Waals surface area (Å²) in [6, 6.07) is 4.17. The van der Waals surface area contributed by atoms with Crippen LogP contribution in [0.1, 0.15) is 13.8 Å². The normalized spacial score (nSPS) is 11.7. The maximum absolute atomic E-state index is 11.2. The van der Waals surface area contributed by atoms with Crippen molar-refractivity contribution in [3.8, 4) is 11.5 Å². The van der Waals surface area contributed by atoms with Gasteiger partial charge in [0, 0.05) is 0 Å². The molecule has 0 bridgehead atoms. The molecule has 0 aromatic heterocycles. The number of hydrogen-bond donors (Lipinski definition) is 2. The lowest BCUT2D eigenvalue weighted by Gasteiger charge is -2.13. The van der Waals surface area contributed by atoms with Crippen molar-refractivity contribution in [3.63, 3.8) is 0 Å². The van der Waals surface area contributed by atoms with Crippen LogP contribution in [0.4, 0.5) is 0 Å². The average molecular weight is 231 g/mol. The van der Waals surface area contributed by atoms with Crippen LogP contribution in [0.2, 0.25) is 0 Å². The molecule has 0 aliphatic rings. The summed E-state index contributed by atoms with van der Waals surface area (Å²) in [5.41, 5.74) is 0. The minimum Gasteiger partial charge on any atom is -0.506 e. The van der Waals surface area contributed by atoms with Gasteiger partial charge in [-0.1, -0.05) is 6.07 Å². The van der Waals surface area contributed by atoms with E-state index in [4.69, 9.17) is 9.88 Å². The number of hydrogen-bond acceptors (Lipinski definition) is 4. The Bertz CT molecular complexity index is 453. The summed E-state index contributed by atoms with van der Waals surface area (Å²) in [7, 11) is -3.98. The maximum atomic E-state index is 11.2. The topological polar surface area (TPSA) is 89.6 Å². The molecule has 0 heterocycles. The number of phenols is 1. The molecule has 84 valence electrons. The largest absolute Gasteiger partial charge is 0.506 e. The van der Waals surface area contributed by atoms with Crippen LogP contribution in [0.3, 0.4) is 0 Å². The molecule has 0 amide bonds. The molecule has 1 rings (SSSR count). The molecule has 0 atom stereocenters. The molecular formula is C9H13NO4S. The van der Waals surface area contributed by atoms with Gasteiger partial charge in [0.25, 0.3) is 0 Å². The third-order valence-electron chi connectivity index (χ3n) is 1.61. The number of sulfonamides is 1. The first-order chi connectivity index (χ1) is 6.82. The van der Waals surface area contributed by atoms with Gasteiger partial charge in [-0.15, -0.1) is 0 Å². The third kappa shape index (κ3) is 2.84. The van der Waals surface area contributed by atoms with Crippen LogP contribution in [-0.4, -0.2) is 19.6 Å². The molecule has 0 saturated carbocycles. The molecule has 1 aromatic carbocycles. The molecule has 0 aliphatic heterocycles. The molecular weight excluding hydrogens is 218 g/mol. The number of rotatable bonds is 3. The van der Waals surface area contributed by atoms with E-state index in [1.807, 2.05) is 0 Å². The first-order valence-corrected chi connectivity index (χ1v) is 5.88. The van der Waals surface area contributed by atoms with Crippen LogP contribution in [0.5, 0.6) is 11.5 Å². The summed E-state index contributed by atoms with van der Waals surface area (Å²) < 4.78 is 27.6. The van der Waals surface area contributed by atoms with Gasteiger partial charge in [0.1, 0.15) is 11.5 Å². The van der Waals surface area contributed by atoms with Crippen molar-refractivity contribution in [1.29, 1.82) is 0 Å². The lowest BCUT2D eigenvalue weighted by atomic mass is 10.3. The first-order valence-electron chi connectivity index (χ1n) is 4.34. The third-order valence-corrected chi connectivity index (χ3v) is 2.58. The number of aromatic hydroxyl groups is 1. The molecule has 0 radical (unpaired) electrons. The molecule has 0 unspecified atom stereocenters. The van der Waals surface area contributed by atoms with E-state index in [0.29, 0.717) is 0 Å². The van der Waals surface area contributed by atoms with Gasteiger partial charge in [-0.05, 0) is 26.0 Å². The number of ether oxygens (including phenoxy) is 1. The first kappa shape index (κ1) is 11.8. The van der Waals surface area contributed by atoms with Crippen molar-refractivity contribution in [3.05, 3.63) is 18.2 Å². The molecule has 15 heavy (non-hydrogen) atoms. The van der Waals surface area contributed by atoms with Gasteiger partial charge in [-0.2, -0.15) is 0 Å². The number of benzene rings is 1. The zero-order valence-electron chi connectivity index (χ0n) is 8.47. The maximum Gasteiger partial charge on any atom is 0.245 e. The highest BCUT2D eigenvalue weighted by molar-refractivity contribution is 7.89. The molecule has 0 fully saturated rings. The number of primary sulfonamides is 1. The SMILES string of the molecule is CC(C)Oc1cccc(O)c1S(N)(=O)=O. The Labute approximate surface area is 88.5 Å². The molecule has 0 spiro atoms. The Morgan fingerprint density at radius 3 is 2.47 bits per heavy atom. The summed E-state index contributed by atoms with van der Waals surface area (Å²) in [5.74, 6) is -0.344. The molecule has 5 nitrogen and oxygen atoms in total. The molecule has 0 aliphatic carbocycles. The summed E-state index contributed by atoms with van der Waals surface area (Å²) in [6.45, 7) is 3.49. The van der Waals surface area contributed by atoms with E-state index in [1.54, 1.807) is 13.8 Å². The lowest BCUT2D eigenvalue weighted by molar-refractivity contribution is 0.234.